The minimum atomic E-state index is -0.741. The number of hydrogen-bond acceptors (Lipinski definition) is 7. The molecule has 0 aromatic carbocycles. The summed E-state index contributed by atoms with van der Waals surface area (Å²) in [6.07, 6.45) is 11.5. The van der Waals surface area contributed by atoms with Crippen molar-refractivity contribution in [1.29, 1.82) is 0 Å². The van der Waals surface area contributed by atoms with Gasteiger partial charge < -0.3 is 28.9 Å². The molecule has 9 atom stereocenters. The van der Waals surface area contributed by atoms with Gasteiger partial charge in [-0.25, -0.2) is 0 Å². The fourth-order valence-corrected chi connectivity index (χ4v) is 10.1. The number of oxime groups is 1. The van der Waals surface area contributed by atoms with Crippen LogP contribution in [0.1, 0.15) is 114 Å². The molecule has 2 heterocycles. The topological polar surface area (TPSA) is 78.7 Å². The average molecular weight is 586 g/mol. The van der Waals surface area contributed by atoms with E-state index in [2.05, 4.69) is 32.9 Å². The first-order valence-corrected chi connectivity index (χ1v) is 16.5. The van der Waals surface area contributed by atoms with Crippen LogP contribution in [0.5, 0.6) is 0 Å². The van der Waals surface area contributed by atoms with Crippen molar-refractivity contribution in [1.82, 2.24) is 0 Å². The second kappa shape index (κ2) is 9.87. The first-order chi connectivity index (χ1) is 19.4. The third kappa shape index (κ3) is 4.94. The van der Waals surface area contributed by atoms with Crippen molar-refractivity contribution in [3.63, 3.8) is 0 Å². The zero-order valence-electron chi connectivity index (χ0n) is 27.7. The van der Waals surface area contributed by atoms with E-state index >= 15 is 0 Å². The van der Waals surface area contributed by atoms with E-state index in [4.69, 9.17) is 28.9 Å². The number of ether oxygens (including phenoxy) is 4. The van der Waals surface area contributed by atoms with Crippen LogP contribution in [-0.4, -0.2) is 58.5 Å². The van der Waals surface area contributed by atoms with Gasteiger partial charge >= 0.3 is 0 Å². The maximum Gasteiger partial charge on any atom is 0.164 e. The molecule has 0 spiro atoms. The molecule has 0 bridgehead atoms. The zero-order chi connectivity index (χ0) is 30.5. The highest BCUT2D eigenvalue weighted by molar-refractivity contribution is 5.99. The quantitative estimate of drug-likeness (QED) is 0.336. The summed E-state index contributed by atoms with van der Waals surface area (Å²) in [5, 5.41) is 15.3. The molecule has 4 aliphatic carbocycles. The van der Waals surface area contributed by atoms with Gasteiger partial charge in [0.25, 0.3) is 0 Å². The van der Waals surface area contributed by atoms with Gasteiger partial charge in [0.2, 0.25) is 0 Å². The Morgan fingerprint density at radius 3 is 2.40 bits per heavy atom. The van der Waals surface area contributed by atoms with E-state index in [1.54, 1.807) is 0 Å². The van der Waals surface area contributed by atoms with Crippen LogP contribution in [0, 0.1) is 28.6 Å². The molecule has 0 unspecified atom stereocenters. The molecule has 2 saturated heterocycles. The summed E-state index contributed by atoms with van der Waals surface area (Å²) in [6.45, 7) is 21.7. The summed E-state index contributed by atoms with van der Waals surface area (Å²) in [5.41, 5.74) is 2.73. The summed E-state index contributed by atoms with van der Waals surface area (Å²) >= 11 is 0. The lowest BCUT2D eigenvalue weighted by Crippen LogP contribution is -2.56. The SMILES string of the molecule is CCO/N=C1/C=C2C3=CC[C@H]([C@@]4(C)OC(C)(C)O[C@@H]4CCC(C)(C)O)[C@@]3(C)CC[C@@H]2[C@@]2(C)C[C@@H]3OC(C)(C)O[C@@H]3C[C@@H]12. The average Bonchev–Trinajstić information content (AvgIpc) is 3.45. The molecule has 0 radical (unpaired) electrons. The maximum absolute atomic E-state index is 10.5. The van der Waals surface area contributed by atoms with Gasteiger partial charge in [-0.15, -0.1) is 0 Å². The minimum Gasteiger partial charge on any atom is -0.396 e. The molecule has 0 amide bonds. The lowest BCUT2D eigenvalue weighted by Gasteiger charge is -2.57. The Morgan fingerprint density at radius 2 is 1.71 bits per heavy atom. The smallest absolute Gasteiger partial charge is 0.164 e. The van der Waals surface area contributed by atoms with E-state index < -0.39 is 22.8 Å². The predicted molar refractivity (Wildman–Crippen MR) is 163 cm³/mol. The van der Waals surface area contributed by atoms with E-state index in [0.717, 1.165) is 44.2 Å². The van der Waals surface area contributed by atoms with Crippen molar-refractivity contribution in [2.45, 2.75) is 155 Å². The molecule has 2 saturated carbocycles. The third-order valence-corrected chi connectivity index (χ3v) is 11.8. The van der Waals surface area contributed by atoms with Crippen LogP contribution in [0.2, 0.25) is 0 Å². The molecule has 236 valence electrons. The molecular weight excluding hydrogens is 530 g/mol. The second-order valence-electron chi connectivity index (χ2n) is 16.3. The van der Waals surface area contributed by atoms with Gasteiger partial charge in [-0.2, -0.15) is 0 Å². The number of aliphatic hydroxyl groups is 1. The van der Waals surface area contributed by atoms with Crippen LogP contribution in [0.25, 0.3) is 0 Å². The molecular formula is C35H55NO6. The van der Waals surface area contributed by atoms with Crippen LogP contribution in [0.3, 0.4) is 0 Å². The van der Waals surface area contributed by atoms with Crippen LogP contribution in [0.15, 0.2) is 28.5 Å². The molecule has 42 heavy (non-hydrogen) atoms. The van der Waals surface area contributed by atoms with E-state index in [-0.39, 0.29) is 41.0 Å². The van der Waals surface area contributed by atoms with Crippen LogP contribution in [0.4, 0.5) is 0 Å². The summed E-state index contributed by atoms with van der Waals surface area (Å²) in [5.74, 6) is -0.225. The van der Waals surface area contributed by atoms with Gasteiger partial charge in [-0.3, -0.25) is 0 Å². The van der Waals surface area contributed by atoms with Crippen LogP contribution >= 0.6 is 0 Å². The number of nitrogens with zero attached hydrogens (tertiary/aromatic N) is 1. The standard InChI is InChI=1S/C35H55NO6/c1-11-38-36-25-18-21-22-12-13-28(35(10)29(15-16-30(2,3)37)41-32(6,7)42-35)33(22,8)17-14-23(21)34(9)20-27-26(19-24(25)34)39-31(4,5)40-27/h12,18,23-24,26-29,37H,11,13-17,19-20H2,1-10H3/b36-25-/t23-,24-,26+,27-,28-,29+,33-,34+,35+/m0/s1. The summed E-state index contributed by atoms with van der Waals surface area (Å²) in [6, 6.07) is 0. The van der Waals surface area contributed by atoms with Crippen molar-refractivity contribution in [3.05, 3.63) is 23.3 Å². The normalized spacial score (nSPS) is 46.4. The van der Waals surface area contributed by atoms with Crippen LogP contribution < -0.4 is 0 Å². The van der Waals surface area contributed by atoms with Gasteiger partial charge in [0, 0.05) is 11.8 Å². The highest BCUT2D eigenvalue weighted by atomic mass is 16.8. The highest BCUT2D eigenvalue weighted by Gasteiger charge is 2.65. The largest absolute Gasteiger partial charge is 0.396 e. The van der Waals surface area contributed by atoms with Gasteiger partial charge in [0.15, 0.2) is 11.6 Å². The Balaban J connectivity index is 1.34. The summed E-state index contributed by atoms with van der Waals surface area (Å²) in [7, 11) is 0. The molecule has 7 heteroatoms. The van der Waals surface area contributed by atoms with E-state index in [1.807, 2.05) is 48.5 Å². The lowest BCUT2D eigenvalue weighted by atomic mass is 9.47. The Morgan fingerprint density at radius 1 is 1.00 bits per heavy atom. The summed E-state index contributed by atoms with van der Waals surface area (Å²) < 4.78 is 26.3. The first-order valence-electron chi connectivity index (χ1n) is 16.5. The van der Waals surface area contributed by atoms with Gasteiger partial charge in [0.1, 0.15) is 6.61 Å². The van der Waals surface area contributed by atoms with Crippen molar-refractivity contribution in [2.24, 2.45) is 33.7 Å². The number of allylic oxidation sites excluding steroid dienone is 4. The fraction of sp³-hybridized carbons (Fsp3) is 0.857. The summed E-state index contributed by atoms with van der Waals surface area (Å²) in [4.78, 5) is 5.74. The highest BCUT2D eigenvalue weighted by Crippen LogP contribution is 2.67. The van der Waals surface area contributed by atoms with Crippen molar-refractivity contribution in [2.75, 3.05) is 6.61 Å². The molecule has 0 aromatic heterocycles. The zero-order valence-corrected chi connectivity index (χ0v) is 27.7. The first kappa shape index (κ1) is 30.8. The third-order valence-electron chi connectivity index (χ3n) is 11.8. The maximum atomic E-state index is 10.5. The second-order valence-corrected chi connectivity index (χ2v) is 16.3. The number of rotatable bonds is 6. The van der Waals surface area contributed by atoms with Crippen molar-refractivity contribution < 1.29 is 28.9 Å². The van der Waals surface area contributed by atoms with Crippen LogP contribution in [-0.2, 0) is 23.8 Å². The van der Waals surface area contributed by atoms with E-state index in [0.29, 0.717) is 18.9 Å². The van der Waals surface area contributed by atoms with Crippen molar-refractivity contribution in [3.8, 4) is 0 Å². The minimum absolute atomic E-state index is 0.0132. The van der Waals surface area contributed by atoms with Crippen molar-refractivity contribution >= 4 is 5.71 Å². The molecule has 1 N–H and O–H groups in total. The van der Waals surface area contributed by atoms with E-state index in [1.165, 1.54) is 11.1 Å². The van der Waals surface area contributed by atoms with Gasteiger partial charge in [-0.1, -0.05) is 25.1 Å². The predicted octanol–water partition coefficient (Wildman–Crippen LogP) is 7.08. The molecule has 0 aromatic rings. The lowest BCUT2D eigenvalue weighted by molar-refractivity contribution is -0.177. The molecule has 6 aliphatic rings. The Kier molecular flexibility index (Phi) is 7.23. The monoisotopic (exact) mass is 585 g/mol. The Hall–Kier alpha value is -1.25. The van der Waals surface area contributed by atoms with Gasteiger partial charge in [0.05, 0.1) is 35.2 Å². The number of fused-ring (bicyclic) bond motifs is 6. The Labute approximate surface area is 253 Å². The molecule has 7 nitrogen and oxygen atoms in total. The molecule has 6 rings (SSSR count). The Bertz CT molecular complexity index is 1180. The fourth-order valence-electron chi connectivity index (χ4n) is 10.1. The molecule has 4 fully saturated rings. The van der Waals surface area contributed by atoms with Gasteiger partial charge in [-0.05, 0) is 134 Å². The number of hydrogen-bond donors (Lipinski definition) is 1. The van der Waals surface area contributed by atoms with E-state index in [9.17, 15) is 5.11 Å². The molecule has 2 aliphatic heterocycles.